The second-order valence-electron chi connectivity index (χ2n) is 6.21. The van der Waals surface area contributed by atoms with Crippen LogP contribution in [-0.2, 0) is 4.79 Å². The van der Waals surface area contributed by atoms with Crippen molar-refractivity contribution >= 4 is 34.3 Å². The average Bonchev–Trinajstić information content (AvgIpc) is 2.58. The first-order valence-electron chi connectivity index (χ1n) is 8.40. The molecule has 0 fully saturated rings. The van der Waals surface area contributed by atoms with Gasteiger partial charge in [0.25, 0.3) is 0 Å². The minimum atomic E-state index is 0.0375. The summed E-state index contributed by atoms with van der Waals surface area (Å²) < 4.78 is 0. The summed E-state index contributed by atoms with van der Waals surface area (Å²) in [4.78, 5) is 16.9. The standard InChI is InChI=1S/C21H22N2OS/c1-14-7-4-5-10-18(14)22-19(24)11-12-25-20-13-16(3)17-9-6-8-15(2)21(17)23-20/h4-10,13H,11-12H2,1-3H3,(H,22,24). The average molecular weight is 350 g/mol. The summed E-state index contributed by atoms with van der Waals surface area (Å²) in [5.41, 5.74) is 5.41. The molecule has 2 aromatic carbocycles. The van der Waals surface area contributed by atoms with Gasteiger partial charge in [-0.3, -0.25) is 4.79 Å². The van der Waals surface area contributed by atoms with E-state index in [9.17, 15) is 4.79 Å². The molecule has 0 aliphatic carbocycles. The van der Waals surface area contributed by atoms with Crippen molar-refractivity contribution in [2.24, 2.45) is 0 Å². The normalized spacial score (nSPS) is 10.8. The number of para-hydroxylation sites is 2. The van der Waals surface area contributed by atoms with Crippen LogP contribution in [0.25, 0.3) is 10.9 Å². The Morgan fingerprint density at radius 1 is 1.00 bits per heavy atom. The molecule has 3 rings (SSSR count). The monoisotopic (exact) mass is 350 g/mol. The molecule has 3 aromatic rings. The predicted molar refractivity (Wildman–Crippen MR) is 106 cm³/mol. The fourth-order valence-corrected chi connectivity index (χ4v) is 3.69. The van der Waals surface area contributed by atoms with Gasteiger partial charge in [0.1, 0.15) is 0 Å². The Balaban J connectivity index is 1.62. The summed E-state index contributed by atoms with van der Waals surface area (Å²) in [6.45, 7) is 6.19. The van der Waals surface area contributed by atoms with Crippen LogP contribution >= 0.6 is 11.8 Å². The lowest BCUT2D eigenvalue weighted by Gasteiger charge is -2.09. The molecule has 1 N–H and O–H groups in total. The van der Waals surface area contributed by atoms with Gasteiger partial charge in [0.15, 0.2) is 0 Å². The van der Waals surface area contributed by atoms with E-state index in [4.69, 9.17) is 4.98 Å². The third-order valence-corrected chi connectivity index (χ3v) is 5.14. The van der Waals surface area contributed by atoms with Crippen molar-refractivity contribution in [3.63, 3.8) is 0 Å². The smallest absolute Gasteiger partial charge is 0.225 e. The lowest BCUT2D eigenvalue weighted by atomic mass is 10.1. The summed E-state index contributed by atoms with van der Waals surface area (Å²) in [5.74, 6) is 0.747. The number of rotatable bonds is 5. The number of carbonyl (C=O) groups excluding carboxylic acids is 1. The number of hydrogen-bond donors (Lipinski definition) is 1. The minimum absolute atomic E-state index is 0.0375. The second kappa shape index (κ2) is 7.70. The van der Waals surface area contributed by atoms with E-state index in [2.05, 4.69) is 43.4 Å². The largest absolute Gasteiger partial charge is 0.326 e. The van der Waals surface area contributed by atoms with Crippen LogP contribution in [-0.4, -0.2) is 16.6 Å². The number of carbonyl (C=O) groups is 1. The number of benzene rings is 2. The van der Waals surface area contributed by atoms with Gasteiger partial charge in [-0.05, 0) is 49.6 Å². The summed E-state index contributed by atoms with van der Waals surface area (Å²) in [6, 6.07) is 16.2. The summed E-state index contributed by atoms with van der Waals surface area (Å²) in [5, 5.41) is 5.14. The van der Waals surface area contributed by atoms with Crippen LogP contribution in [0.4, 0.5) is 5.69 Å². The Morgan fingerprint density at radius 3 is 2.56 bits per heavy atom. The van der Waals surface area contributed by atoms with Gasteiger partial charge < -0.3 is 5.32 Å². The van der Waals surface area contributed by atoms with Crippen LogP contribution in [0.2, 0.25) is 0 Å². The number of thioether (sulfide) groups is 1. The summed E-state index contributed by atoms with van der Waals surface area (Å²) in [6.07, 6.45) is 0.464. The van der Waals surface area contributed by atoms with Crippen LogP contribution in [0.1, 0.15) is 23.1 Å². The van der Waals surface area contributed by atoms with Gasteiger partial charge in [-0.2, -0.15) is 0 Å². The quantitative estimate of drug-likeness (QED) is 0.637. The molecular formula is C21H22N2OS. The van der Waals surface area contributed by atoms with Crippen LogP contribution in [0.5, 0.6) is 0 Å². The lowest BCUT2D eigenvalue weighted by molar-refractivity contribution is -0.115. The van der Waals surface area contributed by atoms with Crippen molar-refractivity contribution in [3.05, 3.63) is 65.2 Å². The van der Waals surface area contributed by atoms with Gasteiger partial charge in [0.05, 0.1) is 10.5 Å². The second-order valence-corrected chi connectivity index (χ2v) is 7.33. The maximum atomic E-state index is 12.1. The molecule has 0 atom stereocenters. The number of nitrogens with one attached hydrogen (secondary N) is 1. The molecule has 0 aliphatic heterocycles. The SMILES string of the molecule is Cc1ccccc1NC(=O)CCSc1cc(C)c2cccc(C)c2n1. The number of nitrogens with zero attached hydrogens (tertiary/aromatic N) is 1. The van der Waals surface area contributed by atoms with Gasteiger partial charge in [0, 0.05) is 23.2 Å². The summed E-state index contributed by atoms with van der Waals surface area (Å²) >= 11 is 1.63. The molecule has 0 radical (unpaired) electrons. The van der Waals surface area contributed by atoms with Crippen LogP contribution in [0, 0.1) is 20.8 Å². The van der Waals surface area contributed by atoms with Crippen LogP contribution in [0.3, 0.4) is 0 Å². The molecular weight excluding hydrogens is 328 g/mol. The maximum absolute atomic E-state index is 12.1. The molecule has 0 aliphatic rings. The molecule has 0 saturated carbocycles. The zero-order chi connectivity index (χ0) is 17.8. The van der Waals surface area contributed by atoms with E-state index in [0.29, 0.717) is 12.2 Å². The topological polar surface area (TPSA) is 42.0 Å². The van der Waals surface area contributed by atoms with Gasteiger partial charge in [-0.25, -0.2) is 4.98 Å². The van der Waals surface area contributed by atoms with E-state index in [0.717, 1.165) is 21.8 Å². The molecule has 25 heavy (non-hydrogen) atoms. The maximum Gasteiger partial charge on any atom is 0.225 e. The predicted octanol–water partition coefficient (Wildman–Crippen LogP) is 5.28. The van der Waals surface area contributed by atoms with Crippen molar-refractivity contribution in [3.8, 4) is 0 Å². The van der Waals surface area contributed by atoms with E-state index >= 15 is 0 Å². The van der Waals surface area contributed by atoms with Gasteiger partial charge >= 0.3 is 0 Å². The molecule has 1 heterocycles. The number of hydrogen-bond acceptors (Lipinski definition) is 3. The number of anilines is 1. The molecule has 0 spiro atoms. The lowest BCUT2D eigenvalue weighted by Crippen LogP contribution is -2.13. The van der Waals surface area contributed by atoms with Crippen molar-refractivity contribution < 1.29 is 4.79 Å². The van der Waals surface area contributed by atoms with Crippen LogP contribution in [0.15, 0.2) is 53.6 Å². The van der Waals surface area contributed by atoms with Gasteiger partial charge in [-0.1, -0.05) is 36.4 Å². The van der Waals surface area contributed by atoms with Crippen molar-refractivity contribution in [2.45, 2.75) is 32.2 Å². The van der Waals surface area contributed by atoms with E-state index in [1.807, 2.05) is 31.2 Å². The Hall–Kier alpha value is -2.33. The van der Waals surface area contributed by atoms with E-state index in [1.54, 1.807) is 11.8 Å². The highest BCUT2D eigenvalue weighted by Gasteiger charge is 2.08. The first-order valence-corrected chi connectivity index (χ1v) is 9.38. The van der Waals surface area contributed by atoms with Gasteiger partial charge in [-0.15, -0.1) is 11.8 Å². The number of pyridine rings is 1. The van der Waals surface area contributed by atoms with Crippen molar-refractivity contribution in [1.82, 2.24) is 4.98 Å². The third kappa shape index (κ3) is 4.20. The number of aromatic nitrogens is 1. The molecule has 4 heteroatoms. The first-order chi connectivity index (χ1) is 12.0. The Labute approximate surface area is 152 Å². The fourth-order valence-electron chi connectivity index (χ4n) is 2.78. The zero-order valence-corrected chi connectivity index (χ0v) is 15.6. The third-order valence-electron chi connectivity index (χ3n) is 4.22. The highest BCUT2D eigenvalue weighted by Crippen LogP contribution is 2.26. The molecule has 3 nitrogen and oxygen atoms in total. The van der Waals surface area contributed by atoms with Gasteiger partial charge in [0.2, 0.25) is 5.91 Å². The number of fused-ring (bicyclic) bond motifs is 1. The summed E-state index contributed by atoms with van der Waals surface area (Å²) in [7, 11) is 0. The molecule has 0 unspecified atom stereocenters. The Kier molecular flexibility index (Phi) is 5.39. The number of aryl methyl sites for hydroxylation is 3. The minimum Gasteiger partial charge on any atom is -0.326 e. The highest BCUT2D eigenvalue weighted by atomic mass is 32.2. The fraction of sp³-hybridized carbons (Fsp3) is 0.238. The molecule has 0 saturated heterocycles. The molecule has 1 amide bonds. The van der Waals surface area contributed by atoms with Crippen molar-refractivity contribution in [1.29, 1.82) is 0 Å². The first kappa shape index (κ1) is 17.5. The van der Waals surface area contributed by atoms with E-state index < -0.39 is 0 Å². The molecule has 0 bridgehead atoms. The molecule has 128 valence electrons. The van der Waals surface area contributed by atoms with Crippen LogP contribution < -0.4 is 5.32 Å². The highest BCUT2D eigenvalue weighted by molar-refractivity contribution is 7.99. The Morgan fingerprint density at radius 2 is 1.76 bits per heavy atom. The zero-order valence-electron chi connectivity index (χ0n) is 14.8. The number of amides is 1. The van der Waals surface area contributed by atoms with E-state index in [-0.39, 0.29) is 5.91 Å². The van der Waals surface area contributed by atoms with E-state index in [1.165, 1.54) is 16.5 Å². The Bertz CT molecular complexity index is 921. The van der Waals surface area contributed by atoms with Crippen molar-refractivity contribution in [2.75, 3.05) is 11.1 Å². The molecule has 1 aromatic heterocycles.